The first kappa shape index (κ1) is 10.8. The lowest BCUT2D eigenvalue weighted by Gasteiger charge is -2.37. The second-order valence-corrected chi connectivity index (χ2v) is 5.12. The van der Waals surface area contributed by atoms with Crippen LogP contribution in [0.25, 0.3) is 0 Å². The minimum atomic E-state index is -0.0548. The minimum absolute atomic E-state index is 0.0548. The van der Waals surface area contributed by atoms with Crippen LogP contribution in [0.2, 0.25) is 0 Å². The van der Waals surface area contributed by atoms with Gasteiger partial charge in [-0.3, -0.25) is 4.99 Å². The van der Waals surface area contributed by atoms with Crippen LogP contribution in [0.15, 0.2) is 63.8 Å². The summed E-state index contributed by atoms with van der Waals surface area (Å²) in [5.74, 6) is 0. The summed E-state index contributed by atoms with van der Waals surface area (Å²) in [7, 11) is 0. The molecule has 0 aromatic heterocycles. The molecule has 2 heteroatoms. The molecule has 0 N–H and O–H groups in total. The van der Waals surface area contributed by atoms with E-state index < -0.39 is 0 Å². The molecule has 17 heavy (non-hydrogen) atoms. The fraction of sp³-hybridized carbons (Fsp3) is 0.267. The summed E-state index contributed by atoms with van der Waals surface area (Å²) >= 11 is 6.22. The lowest BCUT2D eigenvalue weighted by molar-refractivity contribution is 0.569. The number of rotatable bonds is 0. The van der Waals surface area contributed by atoms with Crippen LogP contribution in [-0.4, -0.2) is 5.71 Å². The molecule has 1 heterocycles. The molecule has 0 fully saturated rings. The molecule has 0 bridgehead atoms. The molecule has 2 aliphatic carbocycles. The van der Waals surface area contributed by atoms with E-state index in [9.17, 15) is 0 Å². The third-order valence-electron chi connectivity index (χ3n) is 3.65. The van der Waals surface area contributed by atoms with Gasteiger partial charge < -0.3 is 0 Å². The lowest BCUT2D eigenvalue weighted by atomic mass is 9.67. The first-order valence-corrected chi connectivity index (χ1v) is 6.29. The zero-order valence-electron chi connectivity index (χ0n) is 9.78. The molecule has 1 nitrogen and oxygen atoms in total. The van der Waals surface area contributed by atoms with Crippen molar-refractivity contribution in [2.75, 3.05) is 0 Å². The number of hydrogen-bond donors (Lipinski definition) is 0. The highest BCUT2D eigenvalue weighted by atomic mass is 35.5. The molecule has 1 atom stereocenters. The van der Waals surface area contributed by atoms with Crippen molar-refractivity contribution in [3.63, 3.8) is 0 Å². The topological polar surface area (TPSA) is 12.4 Å². The molecule has 0 saturated heterocycles. The SMILES string of the molecule is CC1=CC23CCC=CC2=CC=CN=C3C=C1Cl. The lowest BCUT2D eigenvalue weighted by Crippen LogP contribution is -2.33. The Kier molecular flexibility index (Phi) is 2.44. The Labute approximate surface area is 107 Å². The molecule has 1 unspecified atom stereocenters. The van der Waals surface area contributed by atoms with Crippen LogP contribution in [0.1, 0.15) is 19.8 Å². The van der Waals surface area contributed by atoms with Crippen molar-refractivity contribution in [2.24, 2.45) is 10.4 Å². The van der Waals surface area contributed by atoms with Gasteiger partial charge in [-0.05, 0) is 43.1 Å². The number of halogens is 1. The number of nitrogens with zero attached hydrogens (tertiary/aromatic N) is 1. The largest absolute Gasteiger partial charge is 0.260 e. The Morgan fingerprint density at radius 3 is 3.18 bits per heavy atom. The minimum Gasteiger partial charge on any atom is -0.260 e. The molecular weight excluding hydrogens is 230 g/mol. The average molecular weight is 244 g/mol. The van der Waals surface area contributed by atoms with Gasteiger partial charge in [0.2, 0.25) is 0 Å². The van der Waals surface area contributed by atoms with Crippen molar-refractivity contribution in [3.05, 3.63) is 58.8 Å². The highest BCUT2D eigenvalue weighted by Crippen LogP contribution is 2.46. The van der Waals surface area contributed by atoms with Crippen LogP contribution < -0.4 is 0 Å². The summed E-state index contributed by atoms with van der Waals surface area (Å²) in [6.45, 7) is 2.07. The summed E-state index contributed by atoms with van der Waals surface area (Å²) in [6, 6.07) is 0. The van der Waals surface area contributed by atoms with Gasteiger partial charge in [0, 0.05) is 11.2 Å². The maximum atomic E-state index is 6.22. The maximum Gasteiger partial charge on any atom is 0.0564 e. The van der Waals surface area contributed by atoms with Crippen LogP contribution in [0, 0.1) is 5.41 Å². The number of aliphatic imine (C=N–C) groups is 1. The Hall–Kier alpha value is -1.34. The van der Waals surface area contributed by atoms with E-state index in [1.165, 1.54) is 5.57 Å². The van der Waals surface area contributed by atoms with Gasteiger partial charge in [-0.15, -0.1) is 0 Å². The molecule has 1 spiro atoms. The van der Waals surface area contributed by atoms with Gasteiger partial charge in [0.1, 0.15) is 0 Å². The van der Waals surface area contributed by atoms with Gasteiger partial charge in [0.05, 0.1) is 11.1 Å². The van der Waals surface area contributed by atoms with Gasteiger partial charge in [-0.2, -0.15) is 0 Å². The van der Waals surface area contributed by atoms with E-state index in [1.807, 2.05) is 18.4 Å². The van der Waals surface area contributed by atoms with Crippen LogP contribution in [0.5, 0.6) is 0 Å². The second-order valence-electron chi connectivity index (χ2n) is 4.71. The highest BCUT2D eigenvalue weighted by molar-refractivity contribution is 6.34. The molecule has 0 aromatic carbocycles. The van der Waals surface area contributed by atoms with Gasteiger partial charge in [0.15, 0.2) is 0 Å². The molecule has 0 radical (unpaired) electrons. The van der Waals surface area contributed by atoms with Crippen molar-refractivity contribution in [3.8, 4) is 0 Å². The summed E-state index contributed by atoms with van der Waals surface area (Å²) in [5.41, 5.74) is 3.47. The zero-order chi connectivity index (χ0) is 11.9. The fourth-order valence-electron chi connectivity index (χ4n) is 2.75. The zero-order valence-corrected chi connectivity index (χ0v) is 10.5. The van der Waals surface area contributed by atoms with E-state index in [0.717, 1.165) is 29.2 Å². The predicted octanol–water partition coefficient (Wildman–Crippen LogP) is 4.30. The molecular formula is C15H14ClN. The van der Waals surface area contributed by atoms with Gasteiger partial charge in [-0.25, -0.2) is 0 Å². The molecule has 1 aliphatic heterocycles. The standard InChI is InChI=1S/C15H14ClN/c1-11-10-15-7-3-2-5-12(15)6-4-8-17-14(15)9-13(11)16/h2,4-6,8-10H,3,7H2,1H3. The monoisotopic (exact) mass is 243 g/mol. The molecule has 0 aromatic rings. The fourth-order valence-corrected chi connectivity index (χ4v) is 2.91. The van der Waals surface area contributed by atoms with Crippen LogP contribution in [0.3, 0.4) is 0 Å². The average Bonchev–Trinajstić information content (AvgIpc) is 2.49. The van der Waals surface area contributed by atoms with E-state index in [0.29, 0.717) is 0 Å². The first-order valence-electron chi connectivity index (χ1n) is 5.91. The Morgan fingerprint density at radius 2 is 2.29 bits per heavy atom. The molecule has 0 amide bonds. The van der Waals surface area contributed by atoms with Crippen LogP contribution >= 0.6 is 11.6 Å². The third-order valence-corrected chi connectivity index (χ3v) is 4.06. The first-order chi connectivity index (χ1) is 8.22. The Morgan fingerprint density at radius 1 is 1.41 bits per heavy atom. The van der Waals surface area contributed by atoms with Crippen LogP contribution in [-0.2, 0) is 0 Å². The second kappa shape index (κ2) is 3.85. The molecule has 3 rings (SSSR count). The predicted molar refractivity (Wildman–Crippen MR) is 73.2 cm³/mol. The summed E-state index contributed by atoms with van der Waals surface area (Å²) in [4.78, 5) is 4.55. The Bertz CT molecular complexity index is 543. The van der Waals surface area contributed by atoms with E-state index in [4.69, 9.17) is 11.6 Å². The number of hydrogen-bond acceptors (Lipinski definition) is 1. The van der Waals surface area contributed by atoms with Crippen molar-refractivity contribution in [1.29, 1.82) is 0 Å². The van der Waals surface area contributed by atoms with Gasteiger partial charge in [0.25, 0.3) is 0 Å². The molecule has 0 saturated carbocycles. The van der Waals surface area contributed by atoms with Crippen molar-refractivity contribution < 1.29 is 0 Å². The van der Waals surface area contributed by atoms with E-state index in [2.05, 4.69) is 36.2 Å². The summed E-state index contributed by atoms with van der Waals surface area (Å²) in [5, 5.41) is 0.804. The molecule has 3 aliphatic rings. The van der Waals surface area contributed by atoms with Crippen molar-refractivity contribution in [1.82, 2.24) is 0 Å². The van der Waals surface area contributed by atoms with E-state index >= 15 is 0 Å². The van der Waals surface area contributed by atoms with Crippen molar-refractivity contribution >= 4 is 17.3 Å². The van der Waals surface area contributed by atoms with Gasteiger partial charge >= 0.3 is 0 Å². The summed E-state index contributed by atoms with van der Waals surface area (Å²) in [6.07, 6.45) is 16.9. The smallest absolute Gasteiger partial charge is 0.0564 e. The Balaban J connectivity index is 2.24. The van der Waals surface area contributed by atoms with E-state index in [1.54, 1.807) is 0 Å². The van der Waals surface area contributed by atoms with Gasteiger partial charge in [-0.1, -0.05) is 35.9 Å². The highest BCUT2D eigenvalue weighted by Gasteiger charge is 2.39. The normalized spacial score (nSPS) is 30.5. The quantitative estimate of drug-likeness (QED) is 0.602. The van der Waals surface area contributed by atoms with Crippen LogP contribution in [0.4, 0.5) is 0 Å². The number of allylic oxidation sites excluding steroid dienone is 9. The molecule has 86 valence electrons. The maximum absolute atomic E-state index is 6.22. The summed E-state index contributed by atoms with van der Waals surface area (Å²) < 4.78 is 0. The third kappa shape index (κ3) is 1.57. The van der Waals surface area contributed by atoms with E-state index in [-0.39, 0.29) is 5.41 Å². The van der Waals surface area contributed by atoms with Crippen molar-refractivity contribution in [2.45, 2.75) is 19.8 Å².